The maximum atomic E-state index is 13.8. The first-order valence-corrected chi connectivity index (χ1v) is 14.3. The minimum atomic E-state index is -0.797. The van der Waals surface area contributed by atoms with Gasteiger partial charge in [-0.1, -0.05) is 58.0 Å². The molecule has 208 valence electrons. The molecule has 3 saturated carbocycles. The molecule has 2 heterocycles. The average Bonchev–Trinajstić information content (AvgIpc) is 3.28. The summed E-state index contributed by atoms with van der Waals surface area (Å²) < 4.78 is 13.3. The molecule has 2 bridgehead atoms. The molecule has 2 N–H and O–H groups in total. The van der Waals surface area contributed by atoms with Gasteiger partial charge in [0, 0.05) is 18.8 Å². The number of carbonyl (C=O) groups excluding carboxylic acids is 2. The van der Waals surface area contributed by atoms with Crippen LogP contribution in [0.3, 0.4) is 0 Å². The minimum Gasteiger partial charge on any atom is -0.404 e. The predicted octanol–water partition coefficient (Wildman–Crippen LogP) is 4.01. The highest BCUT2D eigenvalue weighted by molar-refractivity contribution is 6.47. The van der Waals surface area contributed by atoms with Gasteiger partial charge in [-0.25, -0.2) is 4.98 Å². The second-order valence-electron chi connectivity index (χ2n) is 12.7. The number of amides is 2. The number of nitrogens with one attached hydrogen (secondary N) is 2. The molecule has 39 heavy (non-hydrogen) atoms. The lowest BCUT2D eigenvalue weighted by molar-refractivity contribution is -0.199. The van der Waals surface area contributed by atoms with E-state index in [1.807, 2.05) is 30.3 Å². The Kier molecular flexibility index (Phi) is 7.84. The van der Waals surface area contributed by atoms with Crippen molar-refractivity contribution in [3.8, 4) is 0 Å². The zero-order valence-corrected chi connectivity index (χ0v) is 23.7. The van der Waals surface area contributed by atoms with Gasteiger partial charge in [0.05, 0.1) is 23.8 Å². The van der Waals surface area contributed by atoms with Crippen LogP contribution in [0.15, 0.2) is 48.9 Å². The van der Waals surface area contributed by atoms with Crippen LogP contribution < -0.4 is 10.6 Å². The Hall–Kier alpha value is -2.78. The number of aromatic nitrogens is 2. The molecule has 0 spiro atoms. The first kappa shape index (κ1) is 27.8. The molecular weight excluding hydrogens is 491 g/mol. The molecule has 0 radical (unpaired) electrons. The van der Waals surface area contributed by atoms with Crippen molar-refractivity contribution in [2.45, 2.75) is 90.4 Å². The Bertz CT molecular complexity index is 1160. The molecule has 3 aliphatic carbocycles. The molecule has 6 atom stereocenters. The molecule has 8 nitrogen and oxygen atoms in total. The molecule has 1 saturated heterocycles. The molecule has 4 fully saturated rings. The molecule has 1 aliphatic heterocycles. The Balaban J connectivity index is 1.34. The number of hydrogen-bond acceptors (Lipinski definition) is 6. The van der Waals surface area contributed by atoms with Gasteiger partial charge in [0.25, 0.3) is 5.91 Å². The topological polar surface area (TPSA) is 102 Å². The second kappa shape index (κ2) is 11.0. The van der Waals surface area contributed by atoms with Crippen molar-refractivity contribution in [2.75, 3.05) is 0 Å². The summed E-state index contributed by atoms with van der Waals surface area (Å²) in [4.78, 5) is 34.9. The van der Waals surface area contributed by atoms with Gasteiger partial charge in [-0.2, -0.15) is 0 Å². The molecular formula is C30H41BN4O4. The van der Waals surface area contributed by atoms with Crippen LogP contribution in [0, 0.1) is 23.2 Å². The van der Waals surface area contributed by atoms with Crippen molar-refractivity contribution in [3.05, 3.63) is 60.2 Å². The summed E-state index contributed by atoms with van der Waals surface area (Å²) in [5.74, 6) is 0.533. The molecule has 2 aromatic rings. The zero-order chi connectivity index (χ0) is 27.8. The third-order valence-electron chi connectivity index (χ3n) is 9.38. The molecule has 2 amide bonds. The first-order chi connectivity index (χ1) is 18.6. The van der Waals surface area contributed by atoms with E-state index in [9.17, 15) is 9.59 Å². The smallest absolute Gasteiger partial charge is 0.404 e. The van der Waals surface area contributed by atoms with Crippen molar-refractivity contribution < 1.29 is 18.9 Å². The van der Waals surface area contributed by atoms with E-state index in [4.69, 9.17) is 9.31 Å². The lowest BCUT2D eigenvalue weighted by Gasteiger charge is -2.64. The SMILES string of the molecule is CC(C)CCC(NC(=O)C(Cc1ccccc1)NC(=O)c1cnccn1)B1OC2CC3CC(C3(C)C)C2(C)O1. The lowest BCUT2D eigenvalue weighted by Crippen LogP contribution is -2.65. The highest BCUT2D eigenvalue weighted by Gasteiger charge is 2.68. The van der Waals surface area contributed by atoms with Crippen molar-refractivity contribution >= 4 is 18.9 Å². The van der Waals surface area contributed by atoms with Gasteiger partial charge in [-0.15, -0.1) is 0 Å². The van der Waals surface area contributed by atoms with E-state index in [-0.39, 0.29) is 34.7 Å². The van der Waals surface area contributed by atoms with Gasteiger partial charge in [0.2, 0.25) is 5.91 Å². The summed E-state index contributed by atoms with van der Waals surface area (Å²) in [7, 11) is -0.522. The van der Waals surface area contributed by atoms with E-state index >= 15 is 0 Å². The molecule has 9 heteroatoms. The molecule has 1 aromatic heterocycles. The summed E-state index contributed by atoms with van der Waals surface area (Å²) in [6.45, 7) is 11.2. The third kappa shape index (κ3) is 5.61. The average molecular weight is 532 g/mol. The van der Waals surface area contributed by atoms with Crippen LogP contribution in [0.25, 0.3) is 0 Å². The van der Waals surface area contributed by atoms with Gasteiger partial charge >= 0.3 is 7.12 Å². The summed E-state index contributed by atoms with van der Waals surface area (Å²) in [6.07, 6.45) is 8.56. The zero-order valence-electron chi connectivity index (χ0n) is 23.7. The van der Waals surface area contributed by atoms with E-state index in [1.165, 1.54) is 25.0 Å². The maximum Gasteiger partial charge on any atom is 0.481 e. The molecule has 6 unspecified atom stereocenters. The van der Waals surface area contributed by atoms with Gasteiger partial charge in [-0.05, 0) is 61.3 Å². The van der Waals surface area contributed by atoms with Crippen molar-refractivity contribution in [2.24, 2.45) is 23.2 Å². The van der Waals surface area contributed by atoms with Crippen LogP contribution in [0.2, 0.25) is 0 Å². The molecule has 1 aromatic carbocycles. The Morgan fingerprint density at radius 2 is 1.85 bits per heavy atom. The van der Waals surface area contributed by atoms with Crippen LogP contribution in [0.5, 0.6) is 0 Å². The minimum absolute atomic E-state index is 0.0363. The fourth-order valence-corrected chi connectivity index (χ4v) is 6.85. The van der Waals surface area contributed by atoms with E-state index in [0.717, 1.165) is 24.8 Å². The monoisotopic (exact) mass is 532 g/mol. The standard InChI is InChI=1S/C30H41BN4O4/c1-19(2)11-12-26(31-38-25-17-21-16-24(29(21,3)4)30(25,5)39-31)35-27(36)22(15-20-9-7-6-8-10-20)34-28(37)23-18-32-13-14-33-23/h6-10,13-14,18-19,21-22,24-26H,11-12,15-17H2,1-5H3,(H,34,37)(H,35,36). The van der Waals surface area contributed by atoms with Crippen LogP contribution in [-0.2, 0) is 20.5 Å². The van der Waals surface area contributed by atoms with Crippen molar-refractivity contribution in [1.82, 2.24) is 20.6 Å². The highest BCUT2D eigenvalue weighted by Crippen LogP contribution is 2.65. The van der Waals surface area contributed by atoms with Gasteiger partial charge in [0.15, 0.2) is 0 Å². The van der Waals surface area contributed by atoms with Crippen LogP contribution in [0.1, 0.15) is 76.4 Å². The van der Waals surface area contributed by atoms with Gasteiger partial charge in [0.1, 0.15) is 11.7 Å². The lowest BCUT2D eigenvalue weighted by atomic mass is 9.43. The summed E-state index contributed by atoms with van der Waals surface area (Å²) >= 11 is 0. The number of rotatable bonds is 10. The van der Waals surface area contributed by atoms with Gasteiger partial charge in [-0.3, -0.25) is 14.6 Å². The van der Waals surface area contributed by atoms with Crippen LogP contribution >= 0.6 is 0 Å². The normalized spacial score (nSPS) is 28.3. The Morgan fingerprint density at radius 3 is 2.51 bits per heavy atom. The molecule has 6 rings (SSSR count). The van der Waals surface area contributed by atoms with E-state index in [1.54, 1.807) is 0 Å². The number of nitrogens with zero attached hydrogens (tertiary/aromatic N) is 2. The molecule has 4 aliphatic rings. The largest absolute Gasteiger partial charge is 0.481 e. The van der Waals surface area contributed by atoms with Crippen LogP contribution in [0.4, 0.5) is 0 Å². The quantitative estimate of drug-likeness (QED) is 0.449. The Labute approximate surface area is 232 Å². The van der Waals surface area contributed by atoms with E-state index in [0.29, 0.717) is 24.2 Å². The summed E-state index contributed by atoms with van der Waals surface area (Å²) in [6, 6.07) is 8.89. The predicted molar refractivity (Wildman–Crippen MR) is 150 cm³/mol. The highest BCUT2D eigenvalue weighted by atomic mass is 16.7. The van der Waals surface area contributed by atoms with Crippen molar-refractivity contribution in [1.29, 1.82) is 0 Å². The van der Waals surface area contributed by atoms with Crippen LogP contribution in [-0.4, -0.2) is 52.6 Å². The number of hydrogen-bond donors (Lipinski definition) is 2. The number of carbonyl (C=O) groups is 2. The summed E-state index contributed by atoms with van der Waals surface area (Å²) in [5.41, 5.74) is 1.00. The Morgan fingerprint density at radius 1 is 1.08 bits per heavy atom. The van der Waals surface area contributed by atoms with E-state index in [2.05, 4.69) is 55.2 Å². The third-order valence-corrected chi connectivity index (χ3v) is 9.38. The second-order valence-corrected chi connectivity index (χ2v) is 12.7. The summed E-state index contributed by atoms with van der Waals surface area (Å²) in [5, 5.41) is 6.12. The van der Waals surface area contributed by atoms with E-state index < -0.39 is 19.1 Å². The van der Waals surface area contributed by atoms with Gasteiger partial charge < -0.3 is 19.9 Å². The fourth-order valence-electron chi connectivity index (χ4n) is 6.85. The first-order valence-electron chi connectivity index (χ1n) is 14.3. The number of benzene rings is 1. The maximum absolute atomic E-state index is 13.8. The van der Waals surface area contributed by atoms with Crippen molar-refractivity contribution in [3.63, 3.8) is 0 Å². The fraction of sp³-hybridized carbons (Fsp3) is 0.600.